The van der Waals surface area contributed by atoms with E-state index in [0.717, 1.165) is 0 Å². The smallest absolute Gasteiger partial charge is 0.269 e. The van der Waals surface area contributed by atoms with Crippen LogP contribution in [0, 0.1) is 0 Å². The highest BCUT2D eigenvalue weighted by Gasteiger charge is 1.91. The largest absolute Gasteiger partial charge is 0.303 e. The molecule has 0 amide bonds. The summed E-state index contributed by atoms with van der Waals surface area (Å²) < 4.78 is 2.16. The van der Waals surface area contributed by atoms with Crippen molar-refractivity contribution in [3.8, 4) is 0 Å². The Kier molecular flexibility index (Phi) is 1.66. The van der Waals surface area contributed by atoms with Gasteiger partial charge in [0.1, 0.15) is 4.60 Å². The van der Waals surface area contributed by atoms with Gasteiger partial charge in [-0.1, -0.05) is 0 Å². The van der Waals surface area contributed by atoms with E-state index in [4.69, 9.17) is 0 Å². The lowest BCUT2D eigenvalue weighted by Crippen LogP contribution is -2.16. The van der Waals surface area contributed by atoms with Crippen LogP contribution in [0.15, 0.2) is 21.8 Å². The third-order valence-corrected chi connectivity index (χ3v) is 1.75. The molecule has 1 rings (SSSR count). The molecule has 9 heavy (non-hydrogen) atoms. The topological polar surface area (TPSA) is 34.9 Å². The number of hydrogen-bond donors (Lipinski definition) is 0. The van der Waals surface area contributed by atoms with E-state index in [2.05, 4.69) is 20.9 Å². The second kappa shape index (κ2) is 2.31. The van der Waals surface area contributed by atoms with Gasteiger partial charge in [-0.25, -0.2) is 0 Å². The van der Waals surface area contributed by atoms with Crippen molar-refractivity contribution >= 4 is 15.9 Å². The summed E-state index contributed by atoms with van der Waals surface area (Å²) in [4.78, 5) is 14.4. The van der Waals surface area contributed by atoms with Crippen LogP contribution >= 0.6 is 15.9 Å². The van der Waals surface area contributed by atoms with Crippen LogP contribution in [0.3, 0.4) is 0 Å². The first-order valence-corrected chi connectivity index (χ1v) is 3.17. The number of halogens is 1. The van der Waals surface area contributed by atoms with Crippen LogP contribution in [-0.2, 0) is 7.05 Å². The van der Waals surface area contributed by atoms with Gasteiger partial charge in [-0.2, -0.15) is 0 Å². The molecular formula is C5H5BrN2O. The zero-order valence-electron chi connectivity index (χ0n) is 4.84. The van der Waals surface area contributed by atoms with E-state index in [-0.39, 0.29) is 5.56 Å². The van der Waals surface area contributed by atoms with E-state index in [0.29, 0.717) is 4.60 Å². The molecule has 3 nitrogen and oxygen atoms in total. The predicted molar refractivity (Wildman–Crippen MR) is 37.2 cm³/mol. The van der Waals surface area contributed by atoms with E-state index >= 15 is 0 Å². The molecule has 48 valence electrons. The molecule has 0 aliphatic carbocycles. The Morgan fingerprint density at radius 1 is 1.67 bits per heavy atom. The summed E-state index contributed by atoms with van der Waals surface area (Å²) in [6.07, 6.45) is 2.84. The maximum atomic E-state index is 10.7. The molecule has 0 aromatic carbocycles. The molecule has 0 atom stereocenters. The van der Waals surface area contributed by atoms with Gasteiger partial charge in [0.2, 0.25) is 0 Å². The number of rotatable bonds is 0. The van der Waals surface area contributed by atoms with Gasteiger partial charge in [0, 0.05) is 7.05 Å². The second-order valence-electron chi connectivity index (χ2n) is 1.63. The Balaban J connectivity index is 3.43. The SMILES string of the molecule is Cn1c(Br)cncc1=O. The molecule has 0 saturated carbocycles. The minimum atomic E-state index is -0.107. The molecule has 0 aliphatic heterocycles. The lowest BCUT2D eigenvalue weighted by Gasteiger charge is -1.95. The van der Waals surface area contributed by atoms with Gasteiger partial charge >= 0.3 is 0 Å². The summed E-state index contributed by atoms with van der Waals surface area (Å²) in [6, 6.07) is 0. The maximum Gasteiger partial charge on any atom is 0.269 e. The van der Waals surface area contributed by atoms with Crippen LogP contribution in [0.1, 0.15) is 0 Å². The van der Waals surface area contributed by atoms with Crippen molar-refractivity contribution in [2.45, 2.75) is 0 Å². The summed E-state index contributed by atoms with van der Waals surface area (Å²) >= 11 is 3.15. The summed E-state index contributed by atoms with van der Waals surface area (Å²) in [5.74, 6) is 0. The van der Waals surface area contributed by atoms with Gasteiger partial charge in [-0.3, -0.25) is 9.78 Å². The first-order valence-electron chi connectivity index (χ1n) is 2.38. The van der Waals surface area contributed by atoms with Crippen LogP contribution < -0.4 is 5.56 Å². The highest BCUT2D eigenvalue weighted by Crippen LogP contribution is 2.00. The van der Waals surface area contributed by atoms with Gasteiger partial charge in [0.05, 0.1) is 12.4 Å². The van der Waals surface area contributed by atoms with Crippen molar-refractivity contribution in [3.05, 3.63) is 27.4 Å². The molecule has 0 spiro atoms. The fraction of sp³-hybridized carbons (Fsp3) is 0.200. The molecule has 1 aromatic heterocycles. The summed E-state index contributed by atoms with van der Waals surface area (Å²) in [5.41, 5.74) is -0.107. The molecule has 0 unspecified atom stereocenters. The van der Waals surface area contributed by atoms with E-state index in [9.17, 15) is 4.79 Å². The first-order chi connectivity index (χ1) is 4.22. The minimum Gasteiger partial charge on any atom is -0.303 e. The van der Waals surface area contributed by atoms with Crippen LogP contribution in [0.5, 0.6) is 0 Å². The molecule has 0 fully saturated rings. The molecule has 0 N–H and O–H groups in total. The zero-order valence-corrected chi connectivity index (χ0v) is 6.42. The van der Waals surface area contributed by atoms with Gasteiger partial charge in [-0.05, 0) is 15.9 Å². The first kappa shape index (κ1) is 6.48. The number of nitrogens with zero attached hydrogens (tertiary/aromatic N) is 2. The Bertz CT molecular complexity index is 268. The molecule has 0 bridgehead atoms. The normalized spacial score (nSPS) is 9.56. The third-order valence-electron chi connectivity index (χ3n) is 1.02. The fourth-order valence-electron chi connectivity index (χ4n) is 0.441. The van der Waals surface area contributed by atoms with Crippen LogP contribution in [0.2, 0.25) is 0 Å². The number of hydrogen-bond acceptors (Lipinski definition) is 2. The van der Waals surface area contributed by atoms with Crippen molar-refractivity contribution < 1.29 is 0 Å². The highest BCUT2D eigenvalue weighted by molar-refractivity contribution is 9.10. The summed E-state index contributed by atoms with van der Waals surface area (Å²) in [7, 11) is 1.67. The van der Waals surface area contributed by atoms with E-state index in [1.165, 1.54) is 10.8 Å². The molecular weight excluding hydrogens is 184 g/mol. The Hall–Kier alpha value is -0.640. The van der Waals surface area contributed by atoms with Gasteiger partial charge in [-0.15, -0.1) is 0 Å². The molecule has 0 saturated heterocycles. The lowest BCUT2D eigenvalue weighted by atomic mass is 10.7. The molecule has 4 heteroatoms. The van der Waals surface area contributed by atoms with Gasteiger partial charge in [0.15, 0.2) is 0 Å². The lowest BCUT2D eigenvalue weighted by molar-refractivity contribution is 0.815. The van der Waals surface area contributed by atoms with Crippen molar-refractivity contribution in [2.24, 2.45) is 7.05 Å². The fourth-order valence-corrected chi connectivity index (χ4v) is 0.734. The average Bonchev–Trinajstić information content (AvgIpc) is 1.83. The average molecular weight is 189 g/mol. The standard InChI is InChI=1S/C5H5BrN2O/c1-8-4(6)2-7-3-5(8)9/h2-3H,1H3. The van der Waals surface area contributed by atoms with Crippen LogP contribution in [0.25, 0.3) is 0 Å². The van der Waals surface area contributed by atoms with Gasteiger partial charge in [0.25, 0.3) is 5.56 Å². The summed E-state index contributed by atoms with van der Waals surface area (Å²) in [5, 5.41) is 0. The van der Waals surface area contributed by atoms with Crippen molar-refractivity contribution in [2.75, 3.05) is 0 Å². The van der Waals surface area contributed by atoms with Crippen LogP contribution in [0.4, 0.5) is 0 Å². The Morgan fingerprint density at radius 3 is 2.78 bits per heavy atom. The van der Waals surface area contributed by atoms with Crippen LogP contribution in [-0.4, -0.2) is 9.55 Å². The summed E-state index contributed by atoms with van der Waals surface area (Å²) in [6.45, 7) is 0. The zero-order chi connectivity index (χ0) is 6.85. The Morgan fingerprint density at radius 2 is 2.33 bits per heavy atom. The van der Waals surface area contributed by atoms with Gasteiger partial charge < -0.3 is 4.57 Å². The number of aromatic nitrogens is 2. The molecule has 0 aliphatic rings. The maximum absolute atomic E-state index is 10.7. The highest BCUT2D eigenvalue weighted by atomic mass is 79.9. The van der Waals surface area contributed by atoms with Crippen molar-refractivity contribution in [3.63, 3.8) is 0 Å². The predicted octanol–water partition coefficient (Wildman–Crippen LogP) is 0.543. The second-order valence-corrected chi connectivity index (χ2v) is 2.44. The van der Waals surface area contributed by atoms with Crippen molar-refractivity contribution in [1.29, 1.82) is 0 Å². The van der Waals surface area contributed by atoms with E-state index < -0.39 is 0 Å². The quantitative estimate of drug-likeness (QED) is 0.597. The third kappa shape index (κ3) is 1.18. The minimum absolute atomic E-state index is 0.107. The molecule has 1 aromatic rings. The Labute approximate surface area is 60.5 Å². The van der Waals surface area contributed by atoms with E-state index in [1.54, 1.807) is 13.2 Å². The molecule has 1 heterocycles. The monoisotopic (exact) mass is 188 g/mol. The van der Waals surface area contributed by atoms with E-state index in [1.807, 2.05) is 0 Å². The molecule has 0 radical (unpaired) electrons. The van der Waals surface area contributed by atoms with Crippen molar-refractivity contribution in [1.82, 2.24) is 9.55 Å².